The molecular weight excluding hydrogens is 380 g/mol. The third-order valence-electron chi connectivity index (χ3n) is 3.45. The van der Waals surface area contributed by atoms with Crippen LogP contribution in [0.4, 0.5) is 17.3 Å². The summed E-state index contributed by atoms with van der Waals surface area (Å²) < 4.78 is 0.894. The summed E-state index contributed by atoms with van der Waals surface area (Å²) in [6, 6.07) is 15.1. The molecule has 1 amide bonds. The Morgan fingerprint density at radius 1 is 1.00 bits per heavy atom. The molecule has 0 radical (unpaired) electrons. The number of halogens is 1. The molecule has 0 fully saturated rings. The van der Waals surface area contributed by atoms with Gasteiger partial charge in [0.25, 0.3) is 5.91 Å². The van der Waals surface area contributed by atoms with Crippen molar-refractivity contribution in [1.82, 2.24) is 9.97 Å². The molecule has 1 heterocycles. The van der Waals surface area contributed by atoms with E-state index in [-0.39, 0.29) is 5.91 Å². The van der Waals surface area contributed by atoms with Gasteiger partial charge in [0.15, 0.2) is 0 Å². The molecule has 0 saturated heterocycles. The Morgan fingerprint density at radius 2 is 1.76 bits per heavy atom. The van der Waals surface area contributed by atoms with Gasteiger partial charge in [-0.3, -0.25) is 4.79 Å². The van der Waals surface area contributed by atoms with Gasteiger partial charge in [-0.15, -0.1) is 0 Å². The van der Waals surface area contributed by atoms with Crippen molar-refractivity contribution in [1.29, 1.82) is 0 Å². The van der Waals surface area contributed by atoms with E-state index < -0.39 is 0 Å². The summed E-state index contributed by atoms with van der Waals surface area (Å²) in [5, 5.41) is 5.97. The van der Waals surface area contributed by atoms with E-state index in [1.54, 1.807) is 12.3 Å². The van der Waals surface area contributed by atoms with Crippen molar-refractivity contribution >= 4 is 39.2 Å². The first-order chi connectivity index (χ1) is 12.0. The van der Waals surface area contributed by atoms with Gasteiger partial charge >= 0.3 is 0 Å². The molecule has 126 valence electrons. The zero-order chi connectivity index (χ0) is 17.8. The predicted molar refractivity (Wildman–Crippen MR) is 103 cm³/mol. The van der Waals surface area contributed by atoms with E-state index in [4.69, 9.17) is 0 Å². The van der Waals surface area contributed by atoms with Gasteiger partial charge in [-0.1, -0.05) is 28.1 Å². The lowest BCUT2D eigenvalue weighted by molar-refractivity contribution is 0.102. The fraction of sp³-hybridized carbons (Fsp3) is 0.105. The molecule has 2 aromatic carbocycles. The van der Waals surface area contributed by atoms with E-state index in [0.717, 1.165) is 21.3 Å². The minimum Gasteiger partial charge on any atom is -0.324 e. The van der Waals surface area contributed by atoms with Crippen LogP contribution in [-0.2, 0) is 0 Å². The standard InChI is InChI=1S/C19H17BrN4O/c1-12-8-13(2)10-16(9-12)23-19-21-7-6-17(24-19)18(25)22-15-5-3-4-14(20)11-15/h3-11H,1-2H3,(H,22,25)(H,21,23,24). The largest absolute Gasteiger partial charge is 0.324 e. The van der Waals surface area contributed by atoms with Gasteiger partial charge in [-0.25, -0.2) is 9.97 Å². The minimum absolute atomic E-state index is 0.288. The number of aromatic nitrogens is 2. The lowest BCUT2D eigenvalue weighted by atomic mass is 10.1. The molecule has 0 atom stereocenters. The zero-order valence-electron chi connectivity index (χ0n) is 13.9. The van der Waals surface area contributed by atoms with Crippen LogP contribution in [-0.4, -0.2) is 15.9 Å². The molecule has 3 rings (SSSR count). The number of nitrogens with one attached hydrogen (secondary N) is 2. The maximum atomic E-state index is 12.4. The van der Waals surface area contributed by atoms with Gasteiger partial charge in [0, 0.05) is 22.0 Å². The molecule has 3 aromatic rings. The lowest BCUT2D eigenvalue weighted by Gasteiger charge is -2.09. The van der Waals surface area contributed by atoms with Crippen LogP contribution in [0.3, 0.4) is 0 Å². The van der Waals surface area contributed by atoms with Crippen LogP contribution in [0.15, 0.2) is 59.2 Å². The molecule has 2 N–H and O–H groups in total. The Labute approximate surface area is 154 Å². The molecule has 0 spiro atoms. The first kappa shape index (κ1) is 17.1. The van der Waals surface area contributed by atoms with Crippen LogP contribution in [0, 0.1) is 13.8 Å². The predicted octanol–water partition coefficient (Wildman–Crippen LogP) is 4.85. The van der Waals surface area contributed by atoms with Crippen LogP contribution < -0.4 is 10.6 Å². The summed E-state index contributed by atoms with van der Waals surface area (Å²) >= 11 is 3.38. The summed E-state index contributed by atoms with van der Waals surface area (Å²) in [6.45, 7) is 4.06. The van der Waals surface area contributed by atoms with E-state index >= 15 is 0 Å². The molecule has 0 bridgehead atoms. The van der Waals surface area contributed by atoms with Crippen LogP contribution >= 0.6 is 15.9 Å². The fourth-order valence-corrected chi connectivity index (χ4v) is 2.88. The normalized spacial score (nSPS) is 10.4. The highest BCUT2D eigenvalue weighted by Crippen LogP contribution is 2.18. The van der Waals surface area contributed by atoms with Crippen LogP contribution in [0.2, 0.25) is 0 Å². The molecule has 1 aromatic heterocycles. The van der Waals surface area contributed by atoms with Crippen LogP contribution in [0.5, 0.6) is 0 Å². The smallest absolute Gasteiger partial charge is 0.274 e. The highest BCUT2D eigenvalue weighted by atomic mass is 79.9. The number of nitrogens with zero attached hydrogens (tertiary/aromatic N) is 2. The number of amides is 1. The van der Waals surface area contributed by atoms with Gasteiger partial charge in [-0.2, -0.15) is 0 Å². The van der Waals surface area contributed by atoms with Crippen LogP contribution in [0.1, 0.15) is 21.6 Å². The number of carbonyl (C=O) groups excluding carboxylic acids is 1. The maximum Gasteiger partial charge on any atom is 0.274 e. The third-order valence-corrected chi connectivity index (χ3v) is 3.94. The first-order valence-electron chi connectivity index (χ1n) is 7.75. The maximum absolute atomic E-state index is 12.4. The number of benzene rings is 2. The van der Waals surface area contributed by atoms with Gasteiger partial charge in [0.1, 0.15) is 5.69 Å². The van der Waals surface area contributed by atoms with Crippen molar-refractivity contribution in [3.63, 3.8) is 0 Å². The third kappa shape index (κ3) is 4.64. The molecule has 0 aliphatic rings. The second-order valence-electron chi connectivity index (χ2n) is 5.73. The summed E-state index contributed by atoms with van der Waals surface area (Å²) in [5.41, 5.74) is 4.17. The molecular formula is C19H17BrN4O. The Balaban J connectivity index is 1.77. The van der Waals surface area contributed by atoms with Crippen molar-refractivity contribution in [2.75, 3.05) is 10.6 Å². The second kappa shape index (κ2) is 7.44. The monoisotopic (exact) mass is 396 g/mol. The highest BCUT2D eigenvalue weighted by molar-refractivity contribution is 9.10. The molecule has 5 nitrogen and oxygen atoms in total. The SMILES string of the molecule is Cc1cc(C)cc(Nc2nccc(C(=O)Nc3cccc(Br)c3)n2)c1. The van der Waals surface area contributed by atoms with Gasteiger partial charge in [0.05, 0.1) is 0 Å². The average Bonchev–Trinajstić information content (AvgIpc) is 2.54. The average molecular weight is 397 g/mol. The minimum atomic E-state index is -0.288. The summed E-state index contributed by atoms with van der Waals surface area (Å²) in [7, 11) is 0. The molecule has 0 unspecified atom stereocenters. The Morgan fingerprint density at radius 3 is 2.48 bits per heavy atom. The number of hydrogen-bond acceptors (Lipinski definition) is 4. The van der Waals surface area contributed by atoms with Crippen LogP contribution in [0.25, 0.3) is 0 Å². The number of rotatable bonds is 4. The van der Waals surface area contributed by atoms with Gasteiger partial charge in [-0.05, 0) is 61.4 Å². The summed E-state index contributed by atoms with van der Waals surface area (Å²) in [4.78, 5) is 20.9. The summed E-state index contributed by atoms with van der Waals surface area (Å²) in [6.07, 6.45) is 1.56. The van der Waals surface area contributed by atoms with Crippen molar-refractivity contribution in [3.8, 4) is 0 Å². The Kier molecular flexibility index (Phi) is 5.09. The number of aryl methyl sites for hydroxylation is 2. The Hall–Kier alpha value is -2.73. The van der Waals surface area contributed by atoms with E-state index in [0.29, 0.717) is 17.3 Å². The second-order valence-corrected chi connectivity index (χ2v) is 6.65. The van der Waals surface area contributed by atoms with Gasteiger partial charge < -0.3 is 10.6 Å². The summed E-state index contributed by atoms with van der Waals surface area (Å²) in [5.74, 6) is 0.0934. The van der Waals surface area contributed by atoms with E-state index in [1.807, 2.05) is 50.2 Å². The Bertz CT molecular complexity index is 907. The quantitative estimate of drug-likeness (QED) is 0.661. The van der Waals surface area contributed by atoms with Crippen molar-refractivity contribution in [2.45, 2.75) is 13.8 Å². The number of hydrogen-bond donors (Lipinski definition) is 2. The van der Waals surface area contributed by atoms with E-state index in [9.17, 15) is 4.79 Å². The number of carbonyl (C=O) groups is 1. The van der Waals surface area contributed by atoms with E-state index in [2.05, 4.69) is 42.6 Å². The molecule has 6 heteroatoms. The fourth-order valence-electron chi connectivity index (χ4n) is 2.48. The van der Waals surface area contributed by atoms with Crippen molar-refractivity contribution in [3.05, 3.63) is 76.0 Å². The van der Waals surface area contributed by atoms with Gasteiger partial charge in [0.2, 0.25) is 5.95 Å². The highest BCUT2D eigenvalue weighted by Gasteiger charge is 2.10. The first-order valence-corrected chi connectivity index (χ1v) is 8.54. The molecule has 25 heavy (non-hydrogen) atoms. The molecule has 0 aliphatic heterocycles. The van der Waals surface area contributed by atoms with E-state index in [1.165, 1.54) is 0 Å². The molecule has 0 aliphatic carbocycles. The zero-order valence-corrected chi connectivity index (χ0v) is 15.5. The van der Waals surface area contributed by atoms with Crippen molar-refractivity contribution in [2.24, 2.45) is 0 Å². The lowest BCUT2D eigenvalue weighted by Crippen LogP contribution is -2.14. The topological polar surface area (TPSA) is 66.9 Å². The number of anilines is 3. The van der Waals surface area contributed by atoms with Crippen molar-refractivity contribution < 1.29 is 4.79 Å². The molecule has 0 saturated carbocycles.